The second-order valence-corrected chi connectivity index (χ2v) is 6.65. The standard InChI is InChI=1S/C22H31N3O3/c1-6-23-22(24-14-20(26)17-9-7-16(2)8-10-17)25(3)15-18-11-12-19(27-4)13-21(18)28-5/h7-13,20,26H,6,14-15H2,1-5H3,(H,23,24). The summed E-state index contributed by atoms with van der Waals surface area (Å²) in [7, 11) is 5.24. The lowest BCUT2D eigenvalue weighted by Crippen LogP contribution is -2.38. The number of aryl methyl sites for hydroxylation is 1. The van der Waals surface area contributed by atoms with Crippen molar-refractivity contribution in [3.05, 3.63) is 59.2 Å². The Kier molecular flexibility index (Phi) is 8.14. The van der Waals surface area contributed by atoms with Gasteiger partial charge in [0.1, 0.15) is 11.5 Å². The third-order valence-electron chi connectivity index (χ3n) is 4.47. The van der Waals surface area contributed by atoms with Crippen LogP contribution in [0.25, 0.3) is 0 Å². The van der Waals surface area contributed by atoms with Crippen LogP contribution in [-0.4, -0.2) is 50.3 Å². The highest BCUT2D eigenvalue weighted by Crippen LogP contribution is 2.25. The topological polar surface area (TPSA) is 66.3 Å². The molecule has 0 radical (unpaired) electrons. The molecule has 0 fully saturated rings. The predicted octanol–water partition coefficient (Wildman–Crippen LogP) is 3.14. The van der Waals surface area contributed by atoms with E-state index in [9.17, 15) is 5.11 Å². The Bertz CT molecular complexity index is 775. The van der Waals surface area contributed by atoms with Gasteiger partial charge in [-0.1, -0.05) is 29.8 Å². The zero-order valence-electron chi connectivity index (χ0n) is 17.4. The van der Waals surface area contributed by atoms with E-state index in [2.05, 4.69) is 10.3 Å². The van der Waals surface area contributed by atoms with Crippen molar-refractivity contribution < 1.29 is 14.6 Å². The van der Waals surface area contributed by atoms with E-state index >= 15 is 0 Å². The molecule has 1 unspecified atom stereocenters. The number of rotatable bonds is 8. The number of hydrogen-bond donors (Lipinski definition) is 2. The van der Waals surface area contributed by atoms with Crippen molar-refractivity contribution in [2.75, 3.05) is 34.4 Å². The molecule has 1 atom stereocenters. The summed E-state index contributed by atoms with van der Waals surface area (Å²) in [4.78, 5) is 6.62. The smallest absolute Gasteiger partial charge is 0.194 e. The molecule has 152 valence electrons. The first-order valence-electron chi connectivity index (χ1n) is 9.43. The molecule has 0 aliphatic rings. The molecule has 0 heterocycles. The summed E-state index contributed by atoms with van der Waals surface area (Å²) in [6, 6.07) is 13.6. The van der Waals surface area contributed by atoms with Gasteiger partial charge in [0.2, 0.25) is 0 Å². The highest BCUT2D eigenvalue weighted by atomic mass is 16.5. The van der Waals surface area contributed by atoms with E-state index < -0.39 is 6.10 Å². The lowest BCUT2D eigenvalue weighted by Gasteiger charge is -2.23. The number of methoxy groups -OCH3 is 2. The van der Waals surface area contributed by atoms with Gasteiger partial charge in [-0.2, -0.15) is 0 Å². The van der Waals surface area contributed by atoms with Crippen LogP contribution >= 0.6 is 0 Å². The Morgan fingerprint density at radius 1 is 1.14 bits per heavy atom. The minimum atomic E-state index is -0.641. The Morgan fingerprint density at radius 3 is 2.46 bits per heavy atom. The van der Waals surface area contributed by atoms with Crippen LogP contribution in [0.5, 0.6) is 11.5 Å². The quantitative estimate of drug-likeness (QED) is 0.540. The molecule has 0 bridgehead atoms. The molecule has 2 N–H and O–H groups in total. The van der Waals surface area contributed by atoms with E-state index in [1.807, 2.05) is 68.3 Å². The van der Waals surface area contributed by atoms with Crippen LogP contribution in [0.1, 0.15) is 29.7 Å². The van der Waals surface area contributed by atoms with Crippen LogP contribution in [0.15, 0.2) is 47.5 Å². The fourth-order valence-electron chi connectivity index (χ4n) is 2.85. The molecular formula is C22H31N3O3. The minimum absolute atomic E-state index is 0.287. The number of hydrogen-bond acceptors (Lipinski definition) is 4. The van der Waals surface area contributed by atoms with Crippen LogP contribution < -0.4 is 14.8 Å². The highest BCUT2D eigenvalue weighted by Gasteiger charge is 2.13. The van der Waals surface area contributed by atoms with Crippen LogP contribution in [0.2, 0.25) is 0 Å². The third-order valence-corrected chi connectivity index (χ3v) is 4.47. The maximum atomic E-state index is 10.5. The SMILES string of the molecule is CCNC(=NCC(O)c1ccc(C)cc1)N(C)Cc1ccc(OC)cc1OC. The molecule has 2 aromatic rings. The van der Waals surface area contributed by atoms with E-state index in [1.54, 1.807) is 14.2 Å². The van der Waals surface area contributed by atoms with Crippen molar-refractivity contribution in [3.63, 3.8) is 0 Å². The first-order chi connectivity index (χ1) is 13.5. The number of aliphatic hydroxyl groups excluding tert-OH is 1. The average Bonchev–Trinajstić information content (AvgIpc) is 2.71. The monoisotopic (exact) mass is 385 g/mol. The summed E-state index contributed by atoms with van der Waals surface area (Å²) in [5.74, 6) is 2.25. The largest absolute Gasteiger partial charge is 0.497 e. The molecule has 2 aromatic carbocycles. The molecule has 6 nitrogen and oxygen atoms in total. The molecule has 6 heteroatoms. The summed E-state index contributed by atoms with van der Waals surface area (Å²) in [6.45, 7) is 5.69. The summed E-state index contributed by atoms with van der Waals surface area (Å²) in [6.07, 6.45) is -0.641. The van der Waals surface area contributed by atoms with E-state index in [-0.39, 0.29) is 6.54 Å². The predicted molar refractivity (Wildman–Crippen MR) is 113 cm³/mol. The molecule has 0 saturated carbocycles. The molecule has 0 aromatic heterocycles. The van der Waals surface area contributed by atoms with E-state index in [1.165, 1.54) is 5.56 Å². The van der Waals surface area contributed by atoms with Gasteiger partial charge < -0.3 is 24.8 Å². The first kappa shape index (κ1) is 21.6. The number of guanidine groups is 1. The number of nitrogens with one attached hydrogen (secondary N) is 1. The maximum absolute atomic E-state index is 10.5. The molecular weight excluding hydrogens is 354 g/mol. The third kappa shape index (κ3) is 5.89. The van der Waals surface area contributed by atoms with E-state index in [4.69, 9.17) is 9.47 Å². The van der Waals surface area contributed by atoms with Gasteiger partial charge >= 0.3 is 0 Å². The van der Waals surface area contributed by atoms with E-state index in [0.29, 0.717) is 6.54 Å². The van der Waals surface area contributed by atoms with Gasteiger partial charge in [0, 0.05) is 31.8 Å². The molecule has 0 saturated heterocycles. The van der Waals surface area contributed by atoms with E-state index in [0.717, 1.165) is 35.1 Å². The second kappa shape index (κ2) is 10.6. The lowest BCUT2D eigenvalue weighted by molar-refractivity contribution is 0.186. The van der Waals surface area contributed by atoms with Crippen molar-refractivity contribution >= 4 is 5.96 Å². The van der Waals surface area contributed by atoms with Gasteiger partial charge in [-0.3, -0.25) is 4.99 Å². The van der Waals surface area contributed by atoms with Gasteiger partial charge in [-0.05, 0) is 31.5 Å². The normalized spacial score (nSPS) is 12.4. The summed E-state index contributed by atoms with van der Waals surface area (Å²) in [5.41, 5.74) is 3.06. The Hall–Kier alpha value is -2.73. The fourth-order valence-corrected chi connectivity index (χ4v) is 2.85. The van der Waals surface area contributed by atoms with Crippen LogP contribution in [-0.2, 0) is 6.54 Å². The number of nitrogens with zero attached hydrogens (tertiary/aromatic N) is 2. The number of ether oxygens (including phenoxy) is 2. The molecule has 0 amide bonds. The fraction of sp³-hybridized carbons (Fsp3) is 0.409. The lowest BCUT2D eigenvalue weighted by atomic mass is 10.1. The molecule has 0 aliphatic heterocycles. The van der Waals surface area contributed by atoms with Crippen molar-refractivity contribution in [1.29, 1.82) is 0 Å². The van der Waals surface area contributed by atoms with Gasteiger partial charge in [0.15, 0.2) is 5.96 Å². The zero-order valence-corrected chi connectivity index (χ0v) is 17.4. The van der Waals surface area contributed by atoms with Gasteiger partial charge in [-0.15, -0.1) is 0 Å². The van der Waals surface area contributed by atoms with Crippen LogP contribution in [0, 0.1) is 6.92 Å². The van der Waals surface area contributed by atoms with Gasteiger partial charge in [0.25, 0.3) is 0 Å². The highest BCUT2D eigenvalue weighted by molar-refractivity contribution is 5.79. The zero-order chi connectivity index (χ0) is 20.5. The summed E-state index contributed by atoms with van der Waals surface area (Å²) in [5, 5.41) is 13.7. The van der Waals surface area contributed by atoms with Gasteiger partial charge in [0.05, 0.1) is 26.9 Å². The van der Waals surface area contributed by atoms with Crippen molar-refractivity contribution in [3.8, 4) is 11.5 Å². The second-order valence-electron chi connectivity index (χ2n) is 6.65. The summed E-state index contributed by atoms with van der Waals surface area (Å²) >= 11 is 0. The number of aliphatic hydroxyl groups is 1. The van der Waals surface area contributed by atoms with Crippen molar-refractivity contribution in [2.24, 2.45) is 4.99 Å². The average molecular weight is 386 g/mol. The van der Waals surface area contributed by atoms with Crippen molar-refractivity contribution in [1.82, 2.24) is 10.2 Å². The first-order valence-corrected chi connectivity index (χ1v) is 9.43. The molecule has 2 rings (SSSR count). The van der Waals surface area contributed by atoms with Crippen molar-refractivity contribution in [2.45, 2.75) is 26.5 Å². The summed E-state index contributed by atoms with van der Waals surface area (Å²) < 4.78 is 10.7. The van der Waals surface area contributed by atoms with Crippen LogP contribution in [0.3, 0.4) is 0 Å². The minimum Gasteiger partial charge on any atom is -0.497 e. The Balaban J connectivity index is 2.11. The van der Waals surface area contributed by atoms with Gasteiger partial charge in [-0.25, -0.2) is 0 Å². The van der Waals surface area contributed by atoms with Crippen LogP contribution in [0.4, 0.5) is 0 Å². The number of aliphatic imine (C=N–C) groups is 1. The maximum Gasteiger partial charge on any atom is 0.194 e. The molecule has 0 spiro atoms. The Morgan fingerprint density at radius 2 is 1.86 bits per heavy atom. The molecule has 0 aliphatic carbocycles. The number of benzene rings is 2. The Labute approximate surface area is 167 Å². The molecule has 28 heavy (non-hydrogen) atoms.